The predicted molar refractivity (Wildman–Crippen MR) is 94.9 cm³/mol. The molecule has 0 spiro atoms. The molecule has 0 saturated carbocycles. The molecule has 1 aliphatic rings. The molecule has 2 heterocycles. The number of methoxy groups -OCH3 is 1. The molecule has 0 atom stereocenters. The number of hydrogen-bond donors (Lipinski definition) is 0. The van der Waals surface area contributed by atoms with E-state index >= 15 is 0 Å². The molecule has 3 aromatic rings. The van der Waals surface area contributed by atoms with Crippen LogP contribution in [0.15, 0.2) is 54.6 Å². The van der Waals surface area contributed by atoms with Crippen LogP contribution < -0.4 is 0 Å². The van der Waals surface area contributed by atoms with E-state index in [0.29, 0.717) is 5.56 Å². The van der Waals surface area contributed by atoms with Crippen LogP contribution in [-0.2, 0) is 17.7 Å². The zero-order valence-electron chi connectivity index (χ0n) is 14.0. The molecule has 4 heteroatoms. The zero-order chi connectivity index (χ0) is 17.4. The Labute approximate surface area is 145 Å². The highest BCUT2D eigenvalue weighted by molar-refractivity contribution is 6.03. The number of ether oxygens (including phenoxy) is 1. The van der Waals surface area contributed by atoms with Crippen molar-refractivity contribution in [1.29, 1.82) is 0 Å². The van der Waals surface area contributed by atoms with Crippen LogP contribution in [0.5, 0.6) is 0 Å². The molecule has 0 saturated heterocycles. The number of nitrogens with zero attached hydrogens (tertiary/aromatic N) is 1. The van der Waals surface area contributed by atoms with Crippen LogP contribution in [0.4, 0.5) is 4.39 Å². The van der Waals surface area contributed by atoms with Gasteiger partial charge < -0.3 is 9.30 Å². The lowest BCUT2D eigenvalue weighted by Crippen LogP contribution is -2.05. The fourth-order valence-electron chi connectivity index (χ4n) is 3.69. The average Bonchev–Trinajstić information content (AvgIpc) is 3.23. The number of carbonyl (C=O) groups is 1. The molecule has 0 fully saturated rings. The summed E-state index contributed by atoms with van der Waals surface area (Å²) in [5.41, 5.74) is 5.33. The highest BCUT2D eigenvalue weighted by atomic mass is 19.1. The number of esters is 1. The third-order valence-electron chi connectivity index (χ3n) is 4.74. The number of fused-ring (bicyclic) bond motifs is 1. The second-order valence-corrected chi connectivity index (χ2v) is 6.16. The fourth-order valence-corrected chi connectivity index (χ4v) is 3.69. The van der Waals surface area contributed by atoms with Gasteiger partial charge in [0.15, 0.2) is 0 Å². The van der Waals surface area contributed by atoms with Crippen LogP contribution in [0, 0.1) is 5.82 Å². The van der Waals surface area contributed by atoms with Crippen LogP contribution >= 0.6 is 0 Å². The van der Waals surface area contributed by atoms with Gasteiger partial charge in [0, 0.05) is 17.8 Å². The molecule has 0 amide bonds. The van der Waals surface area contributed by atoms with Crippen molar-refractivity contribution in [3.8, 4) is 22.4 Å². The summed E-state index contributed by atoms with van der Waals surface area (Å²) in [6.07, 6.45) is 1.83. The monoisotopic (exact) mass is 335 g/mol. The molecule has 0 radical (unpaired) electrons. The van der Waals surface area contributed by atoms with Gasteiger partial charge in [0.05, 0.1) is 18.4 Å². The van der Waals surface area contributed by atoms with E-state index in [4.69, 9.17) is 4.74 Å². The number of rotatable bonds is 3. The number of benzene rings is 2. The molecule has 25 heavy (non-hydrogen) atoms. The maximum absolute atomic E-state index is 13.4. The Hall–Kier alpha value is -2.88. The Bertz CT molecular complexity index is 927. The van der Waals surface area contributed by atoms with Gasteiger partial charge in [-0.2, -0.15) is 0 Å². The quantitative estimate of drug-likeness (QED) is 0.650. The van der Waals surface area contributed by atoms with E-state index < -0.39 is 0 Å². The third-order valence-corrected chi connectivity index (χ3v) is 4.74. The summed E-state index contributed by atoms with van der Waals surface area (Å²) in [5.74, 6) is -0.593. The van der Waals surface area contributed by atoms with Gasteiger partial charge in [0.2, 0.25) is 0 Å². The van der Waals surface area contributed by atoms with Crippen LogP contribution in [0.3, 0.4) is 0 Å². The average molecular weight is 335 g/mol. The highest BCUT2D eigenvalue weighted by Gasteiger charge is 2.31. The van der Waals surface area contributed by atoms with Gasteiger partial charge in [0.1, 0.15) is 5.82 Å². The summed E-state index contributed by atoms with van der Waals surface area (Å²) in [6.45, 7) is 0.846. The second kappa shape index (κ2) is 6.20. The topological polar surface area (TPSA) is 31.2 Å². The SMILES string of the molecule is COC(=O)c1c(-c2ccccc2)c(-c2ccc(F)cc2)n2c1CCC2. The van der Waals surface area contributed by atoms with Gasteiger partial charge >= 0.3 is 5.97 Å². The van der Waals surface area contributed by atoms with Crippen molar-refractivity contribution in [1.82, 2.24) is 4.57 Å². The van der Waals surface area contributed by atoms with Crippen LogP contribution in [0.2, 0.25) is 0 Å². The maximum Gasteiger partial charge on any atom is 0.340 e. The van der Waals surface area contributed by atoms with Crippen molar-refractivity contribution in [3.63, 3.8) is 0 Å². The maximum atomic E-state index is 13.4. The van der Waals surface area contributed by atoms with Crippen LogP contribution in [0.1, 0.15) is 22.5 Å². The van der Waals surface area contributed by atoms with Gasteiger partial charge in [-0.15, -0.1) is 0 Å². The molecular formula is C21H18FNO2. The van der Waals surface area contributed by atoms with E-state index in [2.05, 4.69) is 4.57 Å². The Kier molecular flexibility index (Phi) is 3.88. The van der Waals surface area contributed by atoms with Gasteiger partial charge in [-0.25, -0.2) is 9.18 Å². The standard InChI is InChI=1S/C21H18FNO2/c1-25-21(24)19-17-8-5-13-23(17)20(15-9-11-16(22)12-10-15)18(19)14-6-3-2-4-7-14/h2-4,6-7,9-12H,5,8,13H2,1H3. The first-order valence-corrected chi connectivity index (χ1v) is 8.35. The van der Waals surface area contributed by atoms with Gasteiger partial charge in [-0.05, 0) is 48.2 Å². The predicted octanol–water partition coefficient (Wildman–Crippen LogP) is 4.69. The second-order valence-electron chi connectivity index (χ2n) is 6.16. The molecule has 0 bridgehead atoms. The van der Waals surface area contributed by atoms with E-state index in [0.717, 1.165) is 47.5 Å². The van der Waals surface area contributed by atoms with Crippen molar-refractivity contribution >= 4 is 5.97 Å². The van der Waals surface area contributed by atoms with Crippen LogP contribution in [0.25, 0.3) is 22.4 Å². The summed E-state index contributed by atoms with van der Waals surface area (Å²) < 4.78 is 20.7. The van der Waals surface area contributed by atoms with E-state index in [1.807, 2.05) is 30.3 Å². The molecule has 2 aromatic carbocycles. The number of halogens is 1. The van der Waals surface area contributed by atoms with E-state index in [1.54, 1.807) is 12.1 Å². The summed E-state index contributed by atoms with van der Waals surface area (Å²) in [7, 11) is 1.41. The Morgan fingerprint density at radius 3 is 2.44 bits per heavy atom. The lowest BCUT2D eigenvalue weighted by molar-refractivity contribution is 0.0600. The minimum atomic E-state index is -0.321. The molecule has 1 aliphatic heterocycles. The van der Waals surface area contributed by atoms with Crippen molar-refractivity contribution < 1.29 is 13.9 Å². The first kappa shape index (κ1) is 15.6. The van der Waals surface area contributed by atoms with Crippen molar-refractivity contribution in [3.05, 3.63) is 71.7 Å². The molecule has 126 valence electrons. The van der Waals surface area contributed by atoms with Crippen molar-refractivity contribution in [2.45, 2.75) is 19.4 Å². The molecule has 4 rings (SSSR count). The lowest BCUT2D eigenvalue weighted by atomic mass is 9.96. The van der Waals surface area contributed by atoms with Gasteiger partial charge in [-0.3, -0.25) is 0 Å². The molecule has 0 N–H and O–H groups in total. The zero-order valence-corrected chi connectivity index (χ0v) is 14.0. The Balaban J connectivity index is 2.06. The van der Waals surface area contributed by atoms with Crippen molar-refractivity contribution in [2.75, 3.05) is 7.11 Å². The smallest absolute Gasteiger partial charge is 0.340 e. The summed E-state index contributed by atoms with van der Waals surface area (Å²) in [6, 6.07) is 16.3. The number of aromatic nitrogens is 1. The summed E-state index contributed by atoms with van der Waals surface area (Å²) in [4.78, 5) is 12.6. The molecule has 3 nitrogen and oxygen atoms in total. The number of carbonyl (C=O) groups excluding carboxylic acids is 1. The van der Waals surface area contributed by atoms with E-state index in [9.17, 15) is 9.18 Å². The third kappa shape index (κ3) is 2.54. The van der Waals surface area contributed by atoms with Crippen LogP contribution in [-0.4, -0.2) is 17.6 Å². The molecule has 0 aliphatic carbocycles. The largest absolute Gasteiger partial charge is 0.465 e. The van der Waals surface area contributed by atoms with Gasteiger partial charge in [-0.1, -0.05) is 30.3 Å². The Morgan fingerprint density at radius 1 is 1.04 bits per heavy atom. The summed E-state index contributed by atoms with van der Waals surface area (Å²) >= 11 is 0. The first-order chi connectivity index (χ1) is 12.2. The Morgan fingerprint density at radius 2 is 1.76 bits per heavy atom. The molecule has 0 unspecified atom stereocenters. The lowest BCUT2D eigenvalue weighted by Gasteiger charge is -2.11. The molecular weight excluding hydrogens is 317 g/mol. The fraction of sp³-hybridized carbons (Fsp3) is 0.190. The normalized spacial score (nSPS) is 12.9. The number of hydrogen-bond acceptors (Lipinski definition) is 2. The first-order valence-electron chi connectivity index (χ1n) is 8.35. The minimum Gasteiger partial charge on any atom is -0.465 e. The summed E-state index contributed by atoms with van der Waals surface area (Å²) in [5, 5.41) is 0. The molecule has 1 aromatic heterocycles. The minimum absolute atomic E-state index is 0.272. The van der Waals surface area contributed by atoms with Gasteiger partial charge in [0.25, 0.3) is 0 Å². The van der Waals surface area contributed by atoms with E-state index in [-0.39, 0.29) is 11.8 Å². The highest BCUT2D eigenvalue weighted by Crippen LogP contribution is 2.42. The van der Waals surface area contributed by atoms with Crippen molar-refractivity contribution in [2.24, 2.45) is 0 Å². The van der Waals surface area contributed by atoms with E-state index in [1.165, 1.54) is 19.2 Å².